The van der Waals surface area contributed by atoms with E-state index in [-0.39, 0.29) is 5.91 Å². The fourth-order valence-corrected chi connectivity index (χ4v) is 2.76. The smallest absolute Gasteiger partial charge is 0.222 e. The van der Waals surface area contributed by atoms with Crippen LogP contribution in [0.1, 0.15) is 13.3 Å². The van der Waals surface area contributed by atoms with E-state index in [4.69, 9.17) is 0 Å². The van der Waals surface area contributed by atoms with Gasteiger partial charge in [0, 0.05) is 44.2 Å². The maximum atomic E-state index is 11.7. The Balaban J connectivity index is 1.82. The number of para-hydroxylation sites is 1. The van der Waals surface area contributed by atoms with Crippen LogP contribution < -0.4 is 4.90 Å². The second kappa shape index (κ2) is 5.49. The van der Waals surface area contributed by atoms with E-state index >= 15 is 0 Å². The molecule has 0 spiro atoms. The Labute approximate surface area is 119 Å². The van der Waals surface area contributed by atoms with Gasteiger partial charge in [-0.05, 0) is 12.1 Å². The lowest BCUT2D eigenvalue weighted by Gasteiger charge is -2.36. The molecular formula is C16H19N3O. The molecule has 0 saturated carbocycles. The molecule has 0 N–H and O–H groups in total. The molecule has 0 unspecified atom stereocenters. The molecule has 1 aliphatic heterocycles. The number of rotatable bonds is 2. The van der Waals surface area contributed by atoms with E-state index in [1.54, 1.807) is 0 Å². The molecule has 2 heterocycles. The zero-order valence-corrected chi connectivity index (χ0v) is 11.7. The second-order valence-corrected chi connectivity index (χ2v) is 5.07. The Bertz CT molecular complexity index is 613. The first-order valence-electron chi connectivity index (χ1n) is 7.16. The number of hydrogen-bond acceptors (Lipinski definition) is 3. The van der Waals surface area contributed by atoms with E-state index in [1.165, 1.54) is 5.69 Å². The minimum absolute atomic E-state index is 0.251. The van der Waals surface area contributed by atoms with Crippen molar-refractivity contribution < 1.29 is 4.79 Å². The Kier molecular flexibility index (Phi) is 3.54. The molecule has 104 valence electrons. The standard InChI is InChI=1S/C16H19N3O/c1-2-15(20)19-11-9-18(10-12-19)14-7-3-5-13-6-4-8-17-16(13)14/h3-8H,2,9-12H2,1H3. The van der Waals surface area contributed by atoms with Gasteiger partial charge in [0.15, 0.2) is 0 Å². The van der Waals surface area contributed by atoms with Gasteiger partial charge >= 0.3 is 0 Å². The SMILES string of the molecule is CCC(=O)N1CCN(c2cccc3cccnc23)CC1. The normalized spacial score (nSPS) is 15.7. The van der Waals surface area contributed by atoms with Crippen LogP contribution in [0.15, 0.2) is 36.5 Å². The lowest BCUT2D eigenvalue weighted by atomic mass is 10.1. The van der Waals surface area contributed by atoms with E-state index in [1.807, 2.05) is 24.1 Å². The van der Waals surface area contributed by atoms with Crippen LogP contribution >= 0.6 is 0 Å². The van der Waals surface area contributed by atoms with Crippen molar-refractivity contribution in [2.45, 2.75) is 13.3 Å². The van der Waals surface area contributed by atoms with Gasteiger partial charge in [-0.15, -0.1) is 0 Å². The molecule has 3 rings (SSSR count). The molecule has 1 aromatic heterocycles. The maximum Gasteiger partial charge on any atom is 0.222 e. The van der Waals surface area contributed by atoms with Crippen LogP contribution in [0.25, 0.3) is 10.9 Å². The first kappa shape index (κ1) is 12.9. The Morgan fingerprint density at radius 3 is 2.65 bits per heavy atom. The topological polar surface area (TPSA) is 36.4 Å². The zero-order valence-electron chi connectivity index (χ0n) is 11.7. The van der Waals surface area contributed by atoms with Crippen LogP contribution in [0.2, 0.25) is 0 Å². The van der Waals surface area contributed by atoms with Gasteiger partial charge in [0.05, 0.1) is 11.2 Å². The van der Waals surface area contributed by atoms with Crippen LogP contribution in [-0.4, -0.2) is 42.0 Å². The third-order valence-corrected chi connectivity index (χ3v) is 3.89. The summed E-state index contributed by atoms with van der Waals surface area (Å²) in [6.07, 6.45) is 2.43. The summed E-state index contributed by atoms with van der Waals surface area (Å²) in [5.74, 6) is 0.251. The minimum atomic E-state index is 0.251. The van der Waals surface area contributed by atoms with Gasteiger partial charge in [-0.3, -0.25) is 9.78 Å². The number of aromatic nitrogens is 1. The van der Waals surface area contributed by atoms with Crippen molar-refractivity contribution >= 4 is 22.5 Å². The first-order chi connectivity index (χ1) is 9.79. The monoisotopic (exact) mass is 269 g/mol. The fourth-order valence-electron chi connectivity index (χ4n) is 2.76. The highest BCUT2D eigenvalue weighted by molar-refractivity contribution is 5.90. The summed E-state index contributed by atoms with van der Waals surface area (Å²) >= 11 is 0. The summed E-state index contributed by atoms with van der Waals surface area (Å²) in [5, 5.41) is 1.16. The number of anilines is 1. The van der Waals surface area contributed by atoms with E-state index in [9.17, 15) is 4.79 Å². The van der Waals surface area contributed by atoms with Crippen molar-refractivity contribution in [2.24, 2.45) is 0 Å². The number of carbonyl (C=O) groups is 1. The van der Waals surface area contributed by atoms with E-state index in [2.05, 4.69) is 34.1 Å². The molecule has 1 saturated heterocycles. The molecule has 1 amide bonds. The molecule has 1 fully saturated rings. The van der Waals surface area contributed by atoms with Crippen molar-refractivity contribution in [2.75, 3.05) is 31.1 Å². The minimum Gasteiger partial charge on any atom is -0.366 e. The van der Waals surface area contributed by atoms with Gasteiger partial charge in [0.1, 0.15) is 0 Å². The molecule has 1 aromatic carbocycles. The average molecular weight is 269 g/mol. The van der Waals surface area contributed by atoms with E-state index in [0.717, 1.165) is 37.1 Å². The summed E-state index contributed by atoms with van der Waals surface area (Å²) in [5.41, 5.74) is 2.22. The van der Waals surface area contributed by atoms with Crippen molar-refractivity contribution in [3.05, 3.63) is 36.5 Å². The molecule has 4 nitrogen and oxygen atoms in total. The Morgan fingerprint density at radius 1 is 1.15 bits per heavy atom. The van der Waals surface area contributed by atoms with Gasteiger partial charge in [0.25, 0.3) is 0 Å². The molecule has 0 atom stereocenters. The van der Waals surface area contributed by atoms with Crippen molar-refractivity contribution in [3.63, 3.8) is 0 Å². The zero-order chi connectivity index (χ0) is 13.9. The number of nitrogens with zero attached hydrogens (tertiary/aromatic N) is 3. The van der Waals surface area contributed by atoms with Crippen molar-refractivity contribution in [1.82, 2.24) is 9.88 Å². The van der Waals surface area contributed by atoms with Gasteiger partial charge in [0.2, 0.25) is 5.91 Å². The third-order valence-electron chi connectivity index (χ3n) is 3.89. The van der Waals surface area contributed by atoms with Crippen LogP contribution in [0, 0.1) is 0 Å². The summed E-state index contributed by atoms with van der Waals surface area (Å²) in [4.78, 5) is 20.5. The van der Waals surface area contributed by atoms with Gasteiger partial charge < -0.3 is 9.80 Å². The Morgan fingerprint density at radius 2 is 1.90 bits per heavy atom. The number of benzene rings is 1. The highest BCUT2D eigenvalue weighted by Gasteiger charge is 2.21. The average Bonchev–Trinajstić information content (AvgIpc) is 2.54. The lowest BCUT2D eigenvalue weighted by molar-refractivity contribution is -0.131. The number of piperazine rings is 1. The van der Waals surface area contributed by atoms with Gasteiger partial charge in [-0.1, -0.05) is 25.1 Å². The number of amides is 1. The molecule has 4 heteroatoms. The largest absolute Gasteiger partial charge is 0.366 e. The quantitative estimate of drug-likeness (QED) is 0.839. The van der Waals surface area contributed by atoms with E-state index in [0.29, 0.717) is 6.42 Å². The molecule has 2 aromatic rings. The number of fused-ring (bicyclic) bond motifs is 1. The van der Waals surface area contributed by atoms with Crippen LogP contribution in [0.3, 0.4) is 0 Å². The highest BCUT2D eigenvalue weighted by atomic mass is 16.2. The molecule has 20 heavy (non-hydrogen) atoms. The van der Waals surface area contributed by atoms with E-state index < -0.39 is 0 Å². The number of hydrogen-bond donors (Lipinski definition) is 0. The Hall–Kier alpha value is -2.10. The number of pyridine rings is 1. The summed E-state index contributed by atoms with van der Waals surface area (Å²) in [6, 6.07) is 10.3. The lowest BCUT2D eigenvalue weighted by Crippen LogP contribution is -2.48. The van der Waals surface area contributed by atoms with Crippen LogP contribution in [-0.2, 0) is 4.79 Å². The molecular weight excluding hydrogens is 250 g/mol. The second-order valence-electron chi connectivity index (χ2n) is 5.07. The molecule has 1 aliphatic rings. The highest BCUT2D eigenvalue weighted by Crippen LogP contribution is 2.25. The van der Waals surface area contributed by atoms with Crippen molar-refractivity contribution in [1.29, 1.82) is 0 Å². The number of carbonyl (C=O) groups excluding carboxylic acids is 1. The van der Waals surface area contributed by atoms with Crippen LogP contribution in [0.5, 0.6) is 0 Å². The fraction of sp³-hybridized carbons (Fsp3) is 0.375. The van der Waals surface area contributed by atoms with Crippen molar-refractivity contribution in [3.8, 4) is 0 Å². The third kappa shape index (κ3) is 2.33. The van der Waals surface area contributed by atoms with Gasteiger partial charge in [-0.2, -0.15) is 0 Å². The first-order valence-corrected chi connectivity index (χ1v) is 7.16. The van der Waals surface area contributed by atoms with Gasteiger partial charge in [-0.25, -0.2) is 0 Å². The molecule has 0 radical (unpaired) electrons. The summed E-state index contributed by atoms with van der Waals surface area (Å²) in [6.45, 7) is 5.28. The molecule has 0 aliphatic carbocycles. The summed E-state index contributed by atoms with van der Waals surface area (Å²) < 4.78 is 0. The summed E-state index contributed by atoms with van der Waals surface area (Å²) in [7, 11) is 0. The predicted molar refractivity (Wildman–Crippen MR) is 80.8 cm³/mol. The van der Waals surface area contributed by atoms with Crippen LogP contribution in [0.4, 0.5) is 5.69 Å². The maximum absolute atomic E-state index is 11.7. The predicted octanol–water partition coefficient (Wildman–Crippen LogP) is 2.29. The molecule has 0 bridgehead atoms.